The van der Waals surface area contributed by atoms with Gasteiger partial charge in [0.05, 0.1) is 12.6 Å². The number of aryl methyl sites for hydroxylation is 1. The summed E-state index contributed by atoms with van der Waals surface area (Å²) in [4.78, 5) is 17.6. The molecule has 0 radical (unpaired) electrons. The number of likely N-dealkylation sites (N-methyl/N-ethyl adjacent to an activating group) is 1. The average Bonchev–Trinajstić information content (AvgIpc) is 3.28. The fourth-order valence-electron chi connectivity index (χ4n) is 5.28. The first-order chi connectivity index (χ1) is 14.7. The Hall–Kier alpha value is -2.53. The summed E-state index contributed by atoms with van der Waals surface area (Å²) >= 11 is 0. The first-order valence-corrected chi connectivity index (χ1v) is 11.2. The molecule has 0 bridgehead atoms. The quantitative estimate of drug-likeness (QED) is 0.766. The molecule has 1 saturated heterocycles. The number of rotatable bonds is 4. The molecule has 3 aliphatic rings. The van der Waals surface area contributed by atoms with E-state index in [0.717, 1.165) is 49.3 Å². The van der Waals surface area contributed by atoms with Gasteiger partial charge in [0.25, 0.3) is 0 Å². The lowest BCUT2D eigenvalue weighted by Gasteiger charge is -2.35. The Morgan fingerprint density at radius 3 is 2.80 bits per heavy atom. The molecule has 158 valence electrons. The van der Waals surface area contributed by atoms with Crippen LogP contribution in [0.5, 0.6) is 11.5 Å². The van der Waals surface area contributed by atoms with Gasteiger partial charge in [-0.25, -0.2) is 0 Å². The fraction of sp³-hybridized carbons (Fsp3) is 0.480. The van der Waals surface area contributed by atoms with Crippen molar-refractivity contribution in [2.45, 2.75) is 44.2 Å². The number of benzene rings is 2. The minimum Gasteiger partial charge on any atom is -0.486 e. The molecule has 2 aliphatic heterocycles. The number of ether oxygens (including phenoxy) is 2. The summed E-state index contributed by atoms with van der Waals surface area (Å²) in [5, 5.41) is 0. The van der Waals surface area contributed by atoms with Crippen LogP contribution < -0.4 is 9.47 Å². The van der Waals surface area contributed by atoms with Crippen molar-refractivity contribution in [3.63, 3.8) is 0 Å². The molecule has 0 spiro atoms. The lowest BCUT2D eigenvalue weighted by molar-refractivity contribution is -0.133. The van der Waals surface area contributed by atoms with Crippen molar-refractivity contribution in [2.24, 2.45) is 0 Å². The van der Waals surface area contributed by atoms with E-state index in [0.29, 0.717) is 25.8 Å². The Bertz CT molecular complexity index is 928. The number of carbonyl (C=O) groups is 1. The maximum atomic E-state index is 13.3. The summed E-state index contributed by atoms with van der Waals surface area (Å²) in [6, 6.07) is 15.3. The SMILES string of the molecule is CN(CC(=O)N1CCC[C@H]1c1ccc2c(c1)OCCO2)[C@H]1CCCc2ccccc21. The van der Waals surface area contributed by atoms with E-state index in [9.17, 15) is 4.79 Å². The highest BCUT2D eigenvalue weighted by Crippen LogP contribution is 2.39. The minimum absolute atomic E-state index is 0.125. The molecule has 1 aliphatic carbocycles. The van der Waals surface area contributed by atoms with E-state index in [4.69, 9.17) is 9.47 Å². The van der Waals surface area contributed by atoms with Crippen molar-refractivity contribution >= 4 is 5.91 Å². The standard InChI is InChI=1S/C25H30N2O3/c1-26(22-9-4-7-18-6-2-3-8-20(18)22)17-25(28)27-13-5-10-21(27)19-11-12-23-24(16-19)30-15-14-29-23/h2-3,6,8,11-12,16,21-22H,4-5,7,9-10,13-15,17H2,1H3/t21-,22-/m0/s1. The molecule has 2 aromatic carbocycles. The van der Waals surface area contributed by atoms with Crippen LogP contribution in [0.1, 0.15) is 54.5 Å². The van der Waals surface area contributed by atoms with E-state index in [1.165, 1.54) is 17.5 Å². The molecule has 0 N–H and O–H groups in total. The average molecular weight is 407 g/mol. The zero-order valence-electron chi connectivity index (χ0n) is 17.7. The van der Waals surface area contributed by atoms with Crippen molar-refractivity contribution in [3.05, 3.63) is 59.2 Å². The summed E-state index contributed by atoms with van der Waals surface area (Å²) in [6.07, 6.45) is 5.49. The topological polar surface area (TPSA) is 42.0 Å². The van der Waals surface area contributed by atoms with Gasteiger partial charge in [-0.2, -0.15) is 0 Å². The molecule has 5 heteroatoms. The van der Waals surface area contributed by atoms with Crippen molar-refractivity contribution in [1.29, 1.82) is 0 Å². The third kappa shape index (κ3) is 3.67. The summed E-state index contributed by atoms with van der Waals surface area (Å²) < 4.78 is 11.4. The molecule has 0 saturated carbocycles. The van der Waals surface area contributed by atoms with E-state index in [2.05, 4.69) is 53.2 Å². The van der Waals surface area contributed by atoms with Crippen molar-refractivity contribution in [1.82, 2.24) is 9.80 Å². The third-order valence-corrected chi connectivity index (χ3v) is 6.78. The fourth-order valence-corrected chi connectivity index (χ4v) is 5.28. The zero-order chi connectivity index (χ0) is 20.5. The molecule has 0 unspecified atom stereocenters. The lowest BCUT2D eigenvalue weighted by atomic mass is 9.87. The minimum atomic E-state index is 0.125. The number of hydrogen-bond donors (Lipinski definition) is 0. The third-order valence-electron chi connectivity index (χ3n) is 6.78. The van der Waals surface area contributed by atoms with Gasteiger partial charge >= 0.3 is 0 Å². The second kappa shape index (κ2) is 8.31. The van der Waals surface area contributed by atoms with Gasteiger partial charge in [-0.15, -0.1) is 0 Å². The second-order valence-corrected chi connectivity index (χ2v) is 8.67. The van der Waals surface area contributed by atoms with Crippen molar-refractivity contribution in [3.8, 4) is 11.5 Å². The van der Waals surface area contributed by atoms with Crippen LogP contribution in [0.3, 0.4) is 0 Å². The van der Waals surface area contributed by atoms with Gasteiger partial charge in [-0.3, -0.25) is 9.69 Å². The molecule has 0 aromatic heterocycles. The highest BCUT2D eigenvalue weighted by molar-refractivity contribution is 5.79. The molecule has 2 atom stereocenters. The second-order valence-electron chi connectivity index (χ2n) is 8.67. The molecule has 1 amide bonds. The van der Waals surface area contributed by atoms with Crippen LogP contribution in [-0.4, -0.2) is 49.1 Å². The van der Waals surface area contributed by atoms with Crippen LogP contribution >= 0.6 is 0 Å². The molecule has 1 fully saturated rings. The molecule has 2 aromatic rings. The molecule has 5 nitrogen and oxygen atoms in total. The van der Waals surface area contributed by atoms with Crippen molar-refractivity contribution in [2.75, 3.05) is 33.4 Å². The van der Waals surface area contributed by atoms with Gasteiger partial charge in [0.1, 0.15) is 13.2 Å². The largest absolute Gasteiger partial charge is 0.486 e. The predicted molar refractivity (Wildman–Crippen MR) is 116 cm³/mol. The van der Waals surface area contributed by atoms with E-state index in [-0.39, 0.29) is 11.9 Å². The van der Waals surface area contributed by atoms with Gasteiger partial charge in [0.2, 0.25) is 5.91 Å². The predicted octanol–water partition coefficient (Wildman–Crippen LogP) is 4.13. The summed E-state index contributed by atoms with van der Waals surface area (Å²) in [6.45, 7) is 2.46. The number of fused-ring (bicyclic) bond motifs is 2. The van der Waals surface area contributed by atoms with E-state index >= 15 is 0 Å². The number of hydrogen-bond acceptors (Lipinski definition) is 4. The maximum Gasteiger partial charge on any atom is 0.237 e. The summed E-state index contributed by atoms with van der Waals surface area (Å²) in [5.74, 6) is 1.82. The highest BCUT2D eigenvalue weighted by atomic mass is 16.6. The number of amides is 1. The highest BCUT2D eigenvalue weighted by Gasteiger charge is 2.33. The van der Waals surface area contributed by atoms with Gasteiger partial charge < -0.3 is 14.4 Å². The smallest absolute Gasteiger partial charge is 0.237 e. The summed E-state index contributed by atoms with van der Waals surface area (Å²) in [5.41, 5.74) is 3.97. The van der Waals surface area contributed by atoms with Gasteiger partial charge in [0.15, 0.2) is 11.5 Å². The van der Waals surface area contributed by atoms with Crippen LogP contribution in [0.2, 0.25) is 0 Å². The van der Waals surface area contributed by atoms with Crippen LogP contribution in [0.15, 0.2) is 42.5 Å². The molecular weight excluding hydrogens is 376 g/mol. The lowest BCUT2D eigenvalue weighted by Crippen LogP contribution is -2.40. The Labute approximate surface area is 178 Å². The van der Waals surface area contributed by atoms with E-state index in [1.54, 1.807) is 0 Å². The molecular formula is C25H30N2O3. The van der Waals surface area contributed by atoms with Crippen LogP contribution in [-0.2, 0) is 11.2 Å². The first kappa shape index (κ1) is 19.4. The van der Waals surface area contributed by atoms with Gasteiger partial charge in [0, 0.05) is 12.6 Å². The normalized spacial score (nSPS) is 22.8. The zero-order valence-corrected chi connectivity index (χ0v) is 17.7. The van der Waals surface area contributed by atoms with Gasteiger partial charge in [-0.05, 0) is 68.0 Å². The van der Waals surface area contributed by atoms with E-state index in [1.807, 2.05) is 6.07 Å². The maximum absolute atomic E-state index is 13.3. The Balaban J connectivity index is 1.30. The monoisotopic (exact) mass is 406 g/mol. The number of carbonyl (C=O) groups excluding carboxylic acids is 1. The van der Waals surface area contributed by atoms with Crippen LogP contribution in [0.4, 0.5) is 0 Å². The Kier molecular flexibility index (Phi) is 5.38. The van der Waals surface area contributed by atoms with Crippen molar-refractivity contribution < 1.29 is 14.3 Å². The Morgan fingerprint density at radius 1 is 1.07 bits per heavy atom. The molecule has 30 heavy (non-hydrogen) atoms. The van der Waals surface area contributed by atoms with Crippen LogP contribution in [0, 0.1) is 0 Å². The van der Waals surface area contributed by atoms with Crippen LogP contribution in [0.25, 0.3) is 0 Å². The first-order valence-electron chi connectivity index (χ1n) is 11.2. The summed E-state index contributed by atoms with van der Waals surface area (Å²) in [7, 11) is 2.10. The Morgan fingerprint density at radius 2 is 1.90 bits per heavy atom. The van der Waals surface area contributed by atoms with Gasteiger partial charge in [-0.1, -0.05) is 30.3 Å². The molecule has 5 rings (SSSR count). The molecule has 2 heterocycles. The van der Waals surface area contributed by atoms with E-state index < -0.39 is 0 Å². The number of nitrogens with zero attached hydrogens (tertiary/aromatic N) is 2. The number of likely N-dealkylation sites (tertiary alicyclic amines) is 1.